The Morgan fingerprint density at radius 3 is 2.40 bits per heavy atom. The Hall–Kier alpha value is -2.29. The van der Waals surface area contributed by atoms with Crippen molar-refractivity contribution in [3.8, 4) is 5.75 Å². The first-order chi connectivity index (χ1) is 12.1. The molecule has 0 N–H and O–H groups in total. The number of hydrogen-bond donors (Lipinski definition) is 0. The summed E-state index contributed by atoms with van der Waals surface area (Å²) in [7, 11) is 0. The molecule has 25 heavy (non-hydrogen) atoms. The normalized spacial score (nSPS) is 10.7. The maximum atomic E-state index is 12.1. The van der Waals surface area contributed by atoms with Gasteiger partial charge in [0.15, 0.2) is 0 Å². The van der Waals surface area contributed by atoms with Crippen molar-refractivity contribution < 1.29 is 14.3 Å². The van der Waals surface area contributed by atoms with Crippen LogP contribution in [0.15, 0.2) is 48.5 Å². The van der Waals surface area contributed by atoms with Crippen LogP contribution in [0.5, 0.6) is 5.75 Å². The van der Waals surface area contributed by atoms with Crippen LogP contribution in [-0.4, -0.2) is 12.1 Å². The highest BCUT2D eigenvalue weighted by Gasteiger charge is 2.07. The van der Waals surface area contributed by atoms with Crippen LogP contribution in [0.3, 0.4) is 0 Å². The molecule has 0 aliphatic rings. The maximum absolute atomic E-state index is 12.1. The second-order valence-electron chi connectivity index (χ2n) is 6.57. The first kappa shape index (κ1) is 19.0. The predicted octanol–water partition coefficient (Wildman–Crippen LogP) is 5.10. The maximum Gasteiger partial charge on any atom is 0.310 e. The Balaban J connectivity index is 1.82. The molecule has 2 aromatic rings. The number of hydrogen-bond acceptors (Lipinski definition) is 3. The Morgan fingerprint density at radius 2 is 1.72 bits per heavy atom. The van der Waals surface area contributed by atoms with Gasteiger partial charge in [-0.1, -0.05) is 49.7 Å². The smallest absolute Gasteiger partial charge is 0.310 e. The van der Waals surface area contributed by atoms with Crippen molar-refractivity contribution in [1.29, 1.82) is 0 Å². The molecule has 0 aliphatic heterocycles. The summed E-state index contributed by atoms with van der Waals surface area (Å²) < 4.78 is 11.0. The first-order valence-corrected chi connectivity index (χ1v) is 9.06. The van der Waals surface area contributed by atoms with Gasteiger partial charge in [-0.25, -0.2) is 0 Å². The molecule has 0 fully saturated rings. The van der Waals surface area contributed by atoms with Gasteiger partial charge in [-0.05, 0) is 55.5 Å². The highest BCUT2D eigenvalue weighted by molar-refractivity contribution is 5.72. The molecule has 0 aromatic heterocycles. The molecule has 0 radical (unpaired) electrons. The van der Waals surface area contributed by atoms with Crippen molar-refractivity contribution in [2.24, 2.45) is 0 Å². The average Bonchev–Trinajstić information content (AvgIpc) is 2.59. The van der Waals surface area contributed by atoms with Gasteiger partial charge in [0.25, 0.3) is 0 Å². The molecule has 2 aromatic carbocycles. The van der Waals surface area contributed by atoms with Crippen LogP contribution in [0.4, 0.5) is 0 Å². The molecule has 0 unspecified atom stereocenters. The summed E-state index contributed by atoms with van der Waals surface area (Å²) >= 11 is 0. The standard InChI is InChI=1S/C22H28O3/c1-4-5-7-18-8-6-9-20(14-18)15-22(23)24-16-19-10-12-21(13-11-19)25-17(2)3/h6,8-14,17H,4-5,7,15-16H2,1-3H3. The molecular weight excluding hydrogens is 312 g/mol. The van der Waals surface area contributed by atoms with Crippen molar-refractivity contribution in [2.75, 3.05) is 0 Å². The van der Waals surface area contributed by atoms with Crippen LogP contribution in [0.25, 0.3) is 0 Å². The van der Waals surface area contributed by atoms with Crippen LogP contribution in [0.2, 0.25) is 0 Å². The van der Waals surface area contributed by atoms with Crippen LogP contribution >= 0.6 is 0 Å². The van der Waals surface area contributed by atoms with Gasteiger partial charge in [-0.2, -0.15) is 0 Å². The van der Waals surface area contributed by atoms with E-state index in [2.05, 4.69) is 19.1 Å². The van der Waals surface area contributed by atoms with Gasteiger partial charge in [-0.15, -0.1) is 0 Å². The van der Waals surface area contributed by atoms with E-state index >= 15 is 0 Å². The molecule has 3 nitrogen and oxygen atoms in total. The molecule has 0 saturated carbocycles. The zero-order chi connectivity index (χ0) is 18.1. The van der Waals surface area contributed by atoms with E-state index in [9.17, 15) is 4.79 Å². The average molecular weight is 340 g/mol. The number of unbranched alkanes of at least 4 members (excludes halogenated alkanes) is 1. The lowest BCUT2D eigenvalue weighted by molar-refractivity contribution is -0.144. The summed E-state index contributed by atoms with van der Waals surface area (Å²) in [4.78, 5) is 12.1. The van der Waals surface area contributed by atoms with Crippen LogP contribution in [0, 0.1) is 0 Å². The minimum absolute atomic E-state index is 0.150. The molecule has 0 bridgehead atoms. The molecule has 0 heterocycles. The van der Waals surface area contributed by atoms with Crippen molar-refractivity contribution in [3.63, 3.8) is 0 Å². The molecule has 0 aliphatic carbocycles. The molecule has 3 heteroatoms. The zero-order valence-corrected chi connectivity index (χ0v) is 15.5. The summed E-state index contributed by atoms with van der Waals surface area (Å²) in [6.07, 6.45) is 3.87. The molecule has 0 amide bonds. The summed E-state index contributed by atoms with van der Waals surface area (Å²) in [5.41, 5.74) is 3.26. The van der Waals surface area contributed by atoms with Crippen molar-refractivity contribution in [3.05, 3.63) is 65.2 Å². The van der Waals surface area contributed by atoms with Gasteiger partial charge in [0, 0.05) is 0 Å². The lowest BCUT2D eigenvalue weighted by atomic mass is 10.0. The van der Waals surface area contributed by atoms with Crippen molar-refractivity contribution >= 4 is 5.97 Å². The number of carbonyl (C=O) groups is 1. The van der Waals surface area contributed by atoms with E-state index in [-0.39, 0.29) is 18.7 Å². The second-order valence-corrected chi connectivity index (χ2v) is 6.57. The number of benzene rings is 2. The van der Waals surface area contributed by atoms with E-state index < -0.39 is 0 Å². The fourth-order valence-electron chi connectivity index (χ4n) is 2.59. The van der Waals surface area contributed by atoms with Crippen LogP contribution in [0.1, 0.15) is 50.3 Å². The number of esters is 1. The number of aryl methyl sites for hydroxylation is 1. The monoisotopic (exact) mass is 340 g/mol. The minimum Gasteiger partial charge on any atom is -0.491 e. The molecule has 0 saturated heterocycles. The molecular formula is C22H28O3. The zero-order valence-electron chi connectivity index (χ0n) is 15.5. The van der Waals surface area contributed by atoms with E-state index in [4.69, 9.17) is 9.47 Å². The third-order valence-electron chi connectivity index (χ3n) is 3.85. The summed E-state index contributed by atoms with van der Waals surface area (Å²) in [6.45, 7) is 6.46. The Morgan fingerprint density at radius 1 is 1.00 bits per heavy atom. The third kappa shape index (κ3) is 7.00. The second kappa shape index (κ2) is 9.87. The van der Waals surface area contributed by atoms with Gasteiger partial charge in [0.1, 0.15) is 12.4 Å². The van der Waals surface area contributed by atoms with Gasteiger partial charge in [0.05, 0.1) is 12.5 Å². The quantitative estimate of drug-likeness (QED) is 0.596. The highest BCUT2D eigenvalue weighted by Crippen LogP contribution is 2.15. The van der Waals surface area contributed by atoms with Crippen LogP contribution in [-0.2, 0) is 29.0 Å². The SMILES string of the molecule is CCCCc1cccc(CC(=O)OCc2ccc(OC(C)C)cc2)c1. The fraction of sp³-hybridized carbons (Fsp3) is 0.409. The number of rotatable bonds is 9. The van der Waals surface area contributed by atoms with Gasteiger partial charge in [0.2, 0.25) is 0 Å². The van der Waals surface area contributed by atoms with E-state index in [1.165, 1.54) is 18.4 Å². The molecule has 134 valence electrons. The minimum atomic E-state index is -0.199. The van der Waals surface area contributed by atoms with Gasteiger partial charge in [-0.3, -0.25) is 4.79 Å². The summed E-state index contributed by atoms with van der Waals surface area (Å²) in [5.74, 6) is 0.629. The Bertz CT molecular complexity index is 659. The van der Waals surface area contributed by atoms with Crippen LogP contribution < -0.4 is 4.74 Å². The lowest BCUT2D eigenvalue weighted by Crippen LogP contribution is -2.08. The topological polar surface area (TPSA) is 35.5 Å². The predicted molar refractivity (Wildman–Crippen MR) is 101 cm³/mol. The molecule has 0 atom stereocenters. The van der Waals surface area contributed by atoms with Crippen molar-refractivity contribution in [1.82, 2.24) is 0 Å². The first-order valence-electron chi connectivity index (χ1n) is 9.06. The summed E-state index contributed by atoms with van der Waals surface area (Å²) in [6, 6.07) is 15.9. The van der Waals surface area contributed by atoms with Gasteiger partial charge >= 0.3 is 5.97 Å². The van der Waals surface area contributed by atoms with Crippen molar-refractivity contribution in [2.45, 2.75) is 59.2 Å². The molecule has 0 spiro atoms. The lowest BCUT2D eigenvalue weighted by Gasteiger charge is -2.10. The molecule has 2 rings (SSSR count). The van der Waals surface area contributed by atoms with E-state index in [0.29, 0.717) is 6.42 Å². The third-order valence-corrected chi connectivity index (χ3v) is 3.85. The van der Waals surface area contributed by atoms with E-state index in [0.717, 1.165) is 23.3 Å². The fourth-order valence-corrected chi connectivity index (χ4v) is 2.59. The Labute approximate surface area is 151 Å². The summed E-state index contributed by atoms with van der Waals surface area (Å²) in [5, 5.41) is 0. The van der Waals surface area contributed by atoms with E-state index in [1.807, 2.05) is 50.2 Å². The number of carbonyl (C=O) groups excluding carboxylic acids is 1. The number of ether oxygens (including phenoxy) is 2. The van der Waals surface area contributed by atoms with E-state index in [1.54, 1.807) is 0 Å². The highest BCUT2D eigenvalue weighted by atomic mass is 16.5. The van der Waals surface area contributed by atoms with Gasteiger partial charge < -0.3 is 9.47 Å². The Kier molecular flexibility index (Phi) is 7.52. The largest absolute Gasteiger partial charge is 0.491 e.